The molecule has 0 saturated heterocycles. The second-order valence-corrected chi connectivity index (χ2v) is 7.76. The lowest BCUT2D eigenvalue weighted by Crippen LogP contribution is -2.25. The van der Waals surface area contributed by atoms with Gasteiger partial charge in [-0.25, -0.2) is 17.5 Å². The Morgan fingerprint density at radius 2 is 1.84 bits per heavy atom. The van der Waals surface area contributed by atoms with Crippen molar-refractivity contribution in [2.45, 2.75) is 17.8 Å². The van der Waals surface area contributed by atoms with Crippen LogP contribution in [-0.4, -0.2) is 14.8 Å². The molecule has 0 spiro atoms. The van der Waals surface area contributed by atoms with Crippen molar-refractivity contribution >= 4 is 37.6 Å². The van der Waals surface area contributed by atoms with Crippen molar-refractivity contribution < 1.29 is 30.7 Å². The average Bonchev–Trinajstić information content (AvgIpc) is 2.44. The molecule has 0 unspecified atom stereocenters. The fourth-order valence-electron chi connectivity index (χ4n) is 1.82. The Bertz CT molecular complexity index is 890. The minimum absolute atomic E-state index is 0.0229. The van der Waals surface area contributed by atoms with Gasteiger partial charge < -0.3 is 4.74 Å². The summed E-state index contributed by atoms with van der Waals surface area (Å²) in [6, 6.07) is 6.42. The number of sulfonamides is 1. The maximum Gasteiger partial charge on any atom is 0.573 e. The van der Waals surface area contributed by atoms with Crippen LogP contribution in [0.15, 0.2) is 45.8 Å². The topological polar surface area (TPSA) is 55.4 Å². The summed E-state index contributed by atoms with van der Waals surface area (Å²) in [5.74, 6) is -1.50. The molecule has 25 heavy (non-hydrogen) atoms. The van der Waals surface area contributed by atoms with Gasteiger partial charge in [0.15, 0.2) is 5.75 Å². The quantitative estimate of drug-likeness (QED) is 0.660. The monoisotopic (exact) mass is 461 g/mol. The first kappa shape index (κ1) is 20.0. The van der Waals surface area contributed by atoms with E-state index in [1.165, 1.54) is 12.1 Å². The lowest BCUT2D eigenvalue weighted by atomic mass is 10.2. The molecule has 0 atom stereocenters. The van der Waals surface area contributed by atoms with Crippen molar-refractivity contribution in [3.8, 4) is 5.75 Å². The molecule has 0 amide bonds. The lowest BCUT2D eigenvalue weighted by molar-refractivity contribution is -0.275. The molecule has 0 radical (unpaired) electrons. The van der Waals surface area contributed by atoms with Gasteiger partial charge in [-0.3, -0.25) is 0 Å². The summed E-state index contributed by atoms with van der Waals surface area (Å²) in [6.45, 7) is -0.344. The summed E-state index contributed by atoms with van der Waals surface area (Å²) in [6.07, 6.45) is -5.06. The van der Waals surface area contributed by atoms with Gasteiger partial charge in [-0.2, -0.15) is 0 Å². The van der Waals surface area contributed by atoms with E-state index in [0.29, 0.717) is 0 Å². The van der Waals surface area contributed by atoms with Crippen LogP contribution in [-0.2, 0) is 16.6 Å². The van der Waals surface area contributed by atoms with E-state index in [0.717, 1.165) is 24.3 Å². The molecule has 1 N–H and O–H groups in total. The molecule has 2 aromatic rings. The summed E-state index contributed by atoms with van der Waals surface area (Å²) < 4.78 is 81.1. The maximum atomic E-state index is 13.0. The van der Waals surface area contributed by atoms with Crippen LogP contribution in [0.3, 0.4) is 0 Å². The van der Waals surface area contributed by atoms with E-state index >= 15 is 0 Å². The molecule has 11 heteroatoms. The minimum atomic E-state index is -5.06. The van der Waals surface area contributed by atoms with E-state index in [9.17, 15) is 26.0 Å². The van der Waals surface area contributed by atoms with Gasteiger partial charge in [-0.15, -0.1) is 13.2 Å². The van der Waals surface area contributed by atoms with Gasteiger partial charge in [0.1, 0.15) is 10.7 Å². The standard InChI is InChI=1S/C14H9BrClF4NO3S/c15-9-2-4-13(12(5-9)24-14(18,19)20)25(22,23)21-7-8-1-3-10(17)6-11(8)16/h1-6,21H,7H2. The highest BCUT2D eigenvalue weighted by Crippen LogP contribution is 2.32. The van der Waals surface area contributed by atoms with Crippen molar-refractivity contribution in [2.24, 2.45) is 0 Å². The summed E-state index contributed by atoms with van der Waals surface area (Å²) in [5.41, 5.74) is 0.252. The Labute approximate surface area is 153 Å². The normalized spacial score (nSPS) is 12.2. The van der Waals surface area contributed by atoms with Gasteiger partial charge in [-0.05, 0) is 35.9 Å². The number of ether oxygens (including phenoxy) is 1. The van der Waals surface area contributed by atoms with Gasteiger partial charge in [0.25, 0.3) is 0 Å². The van der Waals surface area contributed by atoms with Gasteiger partial charge >= 0.3 is 6.36 Å². The molecular weight excluding hydrogens is 454 g/mol. The van der Waals surface area contributed by atoms with Gasteiger partial charge in [0, 0.05) is 16.0 Å². The van der Waals surface area contributed by atoms with Crippen LogP contribution < -0.4 is 9.46 Å². The van der Waals surface area contributed by atoms with Crippen LogP contribution in [0.5, 0.6) is 5.75 Å². The zero-order valence-corrected chi connectivity index (χ0v) is 15.2. The van der Waals surface area contributed by atoms with Crippen molar-refractivity contribution in [2.75, 3.05) is 0 Å². The molecule has 0 aliphatic carbocycles. The summed E-state index contributed by atoms with van der Waals surface area (Å²) in [7, 11) is -4.35. The maximum absolute atomic E-state index is 13.0. The van der Waals surface area contributed by atoms with Crippen molar-refractivity contribution in [3.05, 3.63) is 57.3 Å². The van der Waals surface area contributed by atoms with E-state index in [1.807, 2.05) is 0 Å². The second-order valence-electron chi connectivity index (χ2n) is 4.70. The van der Waals surface area contributed by atoms with E-state index in [1.54, 1.807) is 0 Å². The summed E-state index contributed by atoms with van der Waals surface area (Å²) in [5, 5.41) is -0.0229. The zero-order valence-electron chi connectivity index (χ0n) is 12.1. The van der Waals surface area contributed by atoms with Crippen LogP contribution in [0, 0.1) is 5.82 Å². The third-order valence-electron chi connectivity index (χ3n) is 2.89. The van der Waals surface area contributed by atoms with E-state index in [4.69, 9.17) is 11.6 Å². The number of hydrogen-bond donors (Lipinski definition) is 1. The van der Waals surface area contributed by atoms with Crippen molar-refractivity contribution in [3.63, 3.8) is 0 Å². The number of alkyl halides is 3. The largest absolute Gasteiger partial charge is 0.573 e. The summed E-state index contributed by atoms with van der Waals surface area (Å²) >= 11 is 8.74. The molecule has 0 saturated carbocycles. The molecule has 0 fully saturated rings. The SMILES string of the molecule is O=S(=O)(NCc1ccc(F)cc1Cl)c1ccc(Br)cc1OC(F)(F)F. The number of rotatable bonds is 5. The Morgan fingerprint density at radius 1 is 1.16 bits per heavy atom. The highest BCUT2D eigenvalue weighted by Gasteiger charge is 2.34. The first-order valence-electron chi connectivity index (χ1n) is 6.47. The third-order valence-corrected chi connectivity index (χ3v) is 5.17. The van der Waals surface area contributed by atoms with Crippen molar-refractivity contribution in [1.29, 1.82) is 0 Å². The molecule has 0 heterocycles. The third kappa shape index (κ3) is 5.56. The molecule has 0 aromatic heterocycles. The average molecular weight is 463 g/mol. The molecular formula is C14H9BrClF4NO3S. The molecule has 4 nitrogen and oxygen atoms in total. The minimum Gasteiger partial charge on any atom is -0.404 e. The van der Waals surface area contributed by atoms with Gasteiger partial charge in [0.2, 0.25) is 10.0 Å². The van der Waals surface area contributed by atoms with Crippen LogP contribution in [0.1, 0.15) is 5.56 Å². The molecule has 2 aromatic carbocycles. The van der Waals surface area contributed by atoms with Crippen molar-refractivity contribution in [1.82, 2.24) is 4.72 Å². The second kappa shape index (κ2) is 7.48. The predicted molar refractivity (Wildman–Crippen MR) is 86.3 cm³/mol. The molecule has 136 valence electrons. The predicted octanol–water partition coefficient (Wildman–Crippen LogP) is 4.62. The van der Waals surface area contributed by atoms with Gasteiger partial charge in [0.05, 0.1) is 0 Å². The molecule has 2 rings (SSSR count). The van der Waals surface area contributed by atoms with Crippen LogP contribution in [0.2, 0.25) is 5.02 Å². The molecule has 0 bridgehead atoms. The Kier molecular flexibility index (Phi) is 5.97. The fourth-order valence-corrected chi connectivity index (χ4v) is 3.51. The lowest BCUT2D eigenvalue weighted by Gasteiger charge is -2.14. The highest BCUT2D eigenvalue weighted by atomic mass is 79.9. The number of nitrogens with one attached hydrogen (secondary N) is 1. The van der Waals surface area contributed by atoms with Crippen LogP contribution >= 0.6 is 27.5 Å². The Hall–Kier alpha value is -1.36. The highest BCUT2D eigenvalue weighted by molar-refractivity contribution is 9.10. The van der Waals surface area contributed by atoms with E-state index < -0.39 is 32.8 Å². The van der Waals surface area contributed by atoms with Crippen LogP contribution in [0.4, 0.5) is 17.6 Å². The number of hydrogen-bond acceptors (Lipinski definition) is 3. The first-order valence-corrected chi connectivity index (χ1v) is 9.12. The smallest absolute Gasteiger partial charge is 0.404 e. The fraction of sp³-hybridized carbons (Fsp3) is 0.143. The zero-order chi connectivity index (χ0) is 18.8. The van der Waals surface area contributed by atoms with Crippen LogP contribution in [0.25, 0.3) is 0 Å². The first-order chi connectivity index (χ1) is 11.5. The van der Waals surface area contributed by atoms with E-state index in [2.05, 4.69) is 25.4 Å². The number of benzene rings is 2. The number of halogens is 6. The molecule has 0 aliphatic heterocycles. The Morgan fingerprint density at radius 3 is 2.44 bits per heavy atom. The van der Waals surface area contributed by atoms with E-state index in [-0.39, 0.29) is 21.6 Å². The van der Waals surface area contributed by atoms with Gasteiger partial charge in [-0.1, -0.05) is 33.6 Å². The Balaban J connectivity index is 2.30. The molecule has 0 aliphatic rings. The summed E-state index contributed by atoms with van der Waals surface area (Å²) in [4.78, 5) is -0.703.